The second kappa shape index (κ2) is 12.0. The normalized spacial score (nSPS) is 24.0. The van der Waals surface area contributed by atoms with Crippen molar-refractivity contribution in [2.75, 3.05) is 6.61 Å². The Morgan fingerprint density at radius 2 is 1.64 bits per heavy atom. The van der Waals surface area contributed by atoms with Crippen LogP contribution in [0.25, 0.3) is 11.1 Å². The molecule has 2 aliphatic rings. The van der Waals surface area contributed by atoms with Crippen LogP contribution in [0.1, 0.15) is 46.3 Å². The molecule has 0 saturated heterocycles. The van der Waals surface area contributed by atoms with Crippen LogP contribution in [0.2, 0.25) is 0 Å². The van der Waals surface area contributed by atoms with Crippen molar-refractivity contribution < 1.29 is 34.5 Å². The Morgan fingerprint density at radius 1 is 0.929 bits per heavy atom. The largest absolute Gasteiger partial charge is 0.507 e. The number of phenolic OH excluding ortho intramolecular Hbond substituents is 1. The summed E-state index contributed by atoms with van der Waals surface area (Å²) in [7, 11) is 0. The number of rotatable bonds is 9. The molecule has 4 atom stereocenters. The molecular weight excluding hydrogens is 536 g/mol. The standard InChI is InChI=1S/C33H34N2O7/c34-32(41)30-28(39)15-23(33(42,18-36)31(30)40)12-21-13-25-24(9-10-26(37)29(25)27(38)14-21)22-8-4-7-20(11-22)17-35-16-19-5-2-1-3-6-19/h1-11,21,23,30,35-37,42H,12-18H2,(H2,34,41)/t21?,23?,30?,33-/m1/s1. The molecule has 1 fully saturated rings. The molecule has 1 amide bonds. The Labute approximate surface area is 243 Å². The number of amides is 1. The first-order valence-electron chi connectivity index (χ1n) is 14.0. The number of fused-ring (bicyclic) bond motifs is 1. The summed E-state index contributed by atoms with van der Waals surface area (Å²) >= 11 is 0. The zero-order chi connectivity index (χ0) is 30.0. The van der Waals surface area contributed by atoms with Crippen LogP contribution in [-0.2, 0) is 33.9 Å². The fourth-order valence-corrected chi connectivity index (χ4v) is 6.42. The molecule has 0 radical (unpaired) electrons. The van der Waals surface area contributed by atoms with Gasteiger partial charge in [-0.05, 0) is 58.7 Å². The van der Waals surface area contributed by atoms with Crippen LogP contribution in [0.3, 0.4) is 0 Å². The van der Waals surface area contributed by atoms with Gasteiger partial charge in [-0.2, -0.15) is 0 Å². The van der Waals surface area contributed by atoms with Gasteiger partial charge in [-0.15, -0.1) is 0 Å². The third-order valence-corrected chi connectivity index (χ3v) is 8.55. The quantitative estimate of drug-likeness (QED) is 0.245. The number of hydrogen-bond acceptors (Lipinski definition) is 8. The van der Waals surface area contributed by atoms with E-state index in [0.29, 0.717) is 25.1 Å². The lowest BCUT2D eigenvalue weighted by Gasteiger charge is -2.41. The van der Waals surface area contributed by atoms with Crippen molar-refractivity contribution in [3.05, 3.63) is 89.0 Å². The number of carbonyl (C=O) groups excluding carboxylic acids is 4. The zero-order valence-electron chi connectivity index (χ0n) is 23.1. The molecule has 5 rings (SSSR count). The number of aliphatic hydroxyl groups is 2. The average Bonchev–Trinajstić information content (AvgIpc) is 2.96. The molecule has 3 unspecified atom stereocenters. The number of Topliss-reactive ketones (excluding diaryl/α,β-unsaturated/α-hetero) is 3. The maximum atomic E-state index is 13.3. The van der Waals surface area contributed by atoms with Crippen molar-refractivity contribution in [1.29, 1.82) is 0 Å². The van der Waals surface area contributed by atoms with Crippen LogP contribution in [0, 0.1) is 17.8 Å². The summed E-state index contributed by atoms with van der Waals surface area (Å²) in [5.41, 5.74) is 7.68. The van der Waals surface area contributed by atoms with E-state index in [1.54, 1.807) is 6.07 Å². The molecule has 9 heteroatoms. The molecule has 0 aliphatic heterocycles. The van der Waals surface area contributed by atoms with E-state index in [1.165, 1.54) is 11.6 Å². The van der Waals surface area contributed by atoms with Gasteiger partial charge in [-0.25, -0.2) is 0 Å². The number of carbonyl (C=O) groups is 4. The van der Waals surface area contributed by atoms with Gasteiger partial charge >= 0.3 is 0 Å². The van der Waals surface area contributed by atoms with Gasteiger partial charge in [0.1, 0.15) is 11.4 Å². The van der Waals surface area contributed by atoms with Gasteiger partial charge in [-0.3, -0.25) is 19.2 Å². The van der Waals surface area contributed by atoms with Crippen LogP contribution in [-0.4, -0.2) is 50.8 Å². The van der Waals surface area contributed by atoms with Crippen LogP contribution in [0.5, 0.6) is 5.75 Å². The van der Waals surface area contributed by atoms with Crippen LogP contribution in [0.15, 0.2) is 66.7 Å². The number of nitrogens with two attached hydrogens (primary N) is 1. The Hall–Kier alpha value is -4.18. The molecule has 0 bridgehead atoms. The van der Waals surface area contributed by atoms with E-state index < -0.39 is 41.5 Å². The van der Waals surface area contributed by atoms with Crippen LogP contribution in [0.4, 0.5) is 0 Å². The molecule has 0 aromatic heterocycles. The first kappa shape index (κ1) is 29.3. The minimum atomic E-state index is -2.32. The molecule has 0 spiro atoms. The van der Waals surface area contributed by atoms with E-state index in [-0.39, 0.29) is 42.3 Å². The van der Waals surface area contributed by atoms with Crippen molar-refractivity contribution in [3.8, 4) is 16.9 Å². The molecule has 1 saturated carbocycles. The molecule has 9 nitrogen and oxygen atoms in total. The van der Waals surface area contributed by atoms with E-state index in [1.807, 2.05) is 42.5 Å². The summed E-state index contributed by atoms with van der Waals surface area (Å²) in [5.74, 6) is -6.52. The zero-order valence-corrected chi connectivity index (χ0v) is 23.1. The Kier molecular flexibility index (Phi) is 8.36. The maximum absolute atomic E-state index is 13.3. The molecule has 0 heterocycles. The second-order valence-electron chi connectivity index (χ2n) is 11.4. The van der Waals surface area contributed by atoms with E-state index in [0.717, 1.165) is 16.7 Å². The number of phenols is 1. The monoisotopic (exact) mass is 570 g/mol. The van der Waals surface area contributed by atoms with Crippen molar-refractivity contribution in [2.24, 2.45) is 23.5 Å². The van der Waals surface area contributed by atoms with Gasteiger partial charge in [0.25, 0.3) is 0 Å². The number of primary amides is 1. The highest BCUT2D eigenvalue weighted by Gasteiger charge is 2.55. The van der Waals surface area contributed by atoms with Crippen molar-refractivity contribution in [2.45, 2.75) is 44.4 Å². The van der Waals surface area contributed by atoms with Gasteiger partial charge in [0.15, 0.2) is 23.3 Å². The molecule has 6 N–H and O–H groups in total. The molecule has 3 aromatic carbocycles. The van der Waals surface area contributed by atoms with Gasteiger partial charge in [-0.1, -0.05) is 54.6 Å². The Balaban J connectivity index is 1.39. The number of aliphatic hydroxyl groups excluding tert-OH is 1. The predicted octanol–water partition coefficient (Wildman–Crippen LogP) is 2.47. The van der Waals surface area contributed by atoms with Crippen molar-refractivity contribution >= 4 is 23.3 Å². The summed E-state index contributed by atoms with van der Waals surface area (Å²) in [6, 6.07) is 21.3. The lowest BCUT2D eigenvalue weighted by molar-refractivity contribution is -0.167. The fourth-order valence-electron chi connectivity index (χ4n) is 6.42. The first-order valence-corrected chi connectivity index (χ1v) is 14.0. The van der Waals surface area contributed by atoms with E-state index in [4.69, 9.17) is 5.73 Å². The molecule has 42 heavy (non-hydrogen) atoms. The number of aromatic hydroxyl groups is 1. The number of hydrogen-bond donors (Lipinski definition) is 5. The highest BCUT2D eigenvalue weighted by molar-refractivity contribution is 6.22. The summed E-state index contributed by atoms with van der Waals surface area (Å²) in [6.45, 7) is 0.366. The van der Waals surface area contributed by atoms with Gasteiger partial charge in [0, 0.05) is 31.8 Å². The predicted molar refractivity (Wildman–Crippen MR) is 154 cm³/mol. The minimum Gasteiger partial charge on any atom is -0.507 e. The molecule has 3 aromatic rings. The van der Waals surface area contributed by atoms with E-state index >= 15 is 0 Å². The van der Waals surface area contributed by atoms with E-state index in [2.05, 4.69) is 17.4 Å². The highest BCUT2D eigenvalue weighted by atomic mass is 16.3. The highest BCUT2D eigenvalue weighted by Crippen LogP contribution is 2.43. The summed E-state index contributed by atoms with van der Waals surface area (Å²) in [5, 5.41) is 35.1. The average molecular weight is 571 g/mol. The van der Waals surface area contributed by atoms with Crippen LogP contribution < -0.4 is 11.1 Å². The third kappa shape index (κ3) is 5.63. The minimum absolute atomic E-state index is 0.0348. The number of ketones is 3. The lowest BCUT2D eigenvalue weighted by atomic mass is 9.64. The molecule has 2 aliphatic carbocycles. The Bertz CT molecular complexity index is 1540. The van der Waals surface area contributed by atoms with Crippen LogP contribution >= 0.6 is 0 Å². The SMILES string of the molecule is NC(=O)C1C(=O)CC(CC2CC(=O)c3c(O)ccc(-c4cccc(CNCc5ccccc5)c4)c3C2)[C@](O)(CO)C1=O. The topological polar surface area (TPSA) is 167 Å². The van der Waals surface area contributed by atoms with Crippen molar-refractivity contribution in [1.82, 2.24) is 5.32 Å². The summed E-state index contributed by atoms with van der Waals surface area (Å²) in [4.78, 5) is 50.5. The Morgan fingerprint density at radius 3 is 2.36 bits per heavy atom. The summed E-state index contributed by atoms with van der Waals surface area (Å²) in [6.07, 6.45) is 0.149. The fraction of sp³-hybridized carbons (Fsp3) is 0.333. The lowest BCUT2D eigenvalue weighted by Crippen LogP contribution is -2.60. The second-order valence-corrected chi connectivity index (χ2v) is 11.4. The maximum Gasteiger partial charge on any atom is 0.235 e. The number of benzene rings is 3. The molecular formula is C33H34N2O7. The third-order valence-electron chi connectivity index (χ3n) is 8.55. The van der Waals surface area contributed by atoms with Gasteiger partial charge < -0.3 is 26.4 Å². The smallest absolute Gasteiger partial charge is 0.235 e. The van der Waals surface area contributed by atoms with Gasteiger partial charge in [0.05, 0.1) is 12.2 Å². The number of nitrogens with one attached hydrogen (secondary N) is 1. The van der Waals surface area contributed by atoms with Crippen molar-refractivity contribution in [3.63, 3.8) is 0 Å². The van der Waals surface area contributed by atoms with Gasteiger partial charge in [0.2, 0.25) is 5.91 Å². The first-order chi connectivity index (χ1) is 20.1. The molecule has 218 valence electrons. The summed E-state index contributed by atoms with van der Waals surface area (Å²) < 4.78 is 0. The van der Waals surface area contributed by atoms with E-state index in [9.17, 15) is 34.5 Å².